The standard InChI is InChI=1S/C13H14N4O2/c1-3-10-13(19)16-12(18)7-17(10)11-5-9(6-14)4-8(2)15-11/h4-5,10H,3,7H2,1-2H3,(H,16,18,19). The zero-order valence-electron chi connectivity index (χ0n) is 10.8. The number of nitriles is 1. The van der Waals surface area contributed by atoms with Gasteiger partial charge >= 0.3 is 0 Å². The Kier molecular flexibility index (Phi) is 3.47. The summed E-state index contributed by atoms with van der Waals surface area (Å²) in [5.74, 6) is -0.177. The van der Waals surface area contributed by atoms with E-state index in [4.69, 9.17) is 5.26 Å². The highest BCUT2D eigenvalue weighted by atomic mass is 16.2. The number of imide groups is 1. The van der Waals surface area contributed by atoms with Gasteiger partial charge in [-0.2, -0.15) is 5.26 Å². The van der Waals surface area contributed by atoms with Gasteiger partial charge in [-0.05, 0) is 25.5 Å². The molecule has 0 saturated carbocycles. The highest BCUT2D eigenvalue weighted by molar-refractivity contribution is 6.04. The first-order chi connectivity index (χ1) is 9.05. The van der Waals surface area contributed by atoms with Gasteiger partial charge in [0.05, 0.1) is 18.2 Å². The fraction of sp³-hybridized carbons (Fsp3) is 0.385. The van der Waals surface area contributed by atoms with E-state index in [1.165, 1.54) is 0 Å². The summed E-state index contributed by atoms with van der Waals surface area (Å²) in [6.07, 6.45) is 0.566. The molecule has 1 saturated heterocycles. The second-order valence-corrected chi connectivity index (χ2v) is 4.43. The van der Waals surface area contributed by atoms with Crippen molar-refractivity contribution in [1.82, 2.24) is 10.3 Å². The van der Waals surface area contributed by atoms with Crippen LogP contribution in [-0.4, -0.2) is 29.4 Å². The fourth-order valence-electron chi connectivity index (χ4n) is 2.18. The molecule has 6 heteroatoms. The zero-order chi connectivity index (χ0) is 14.0. The molecule has 1 fully saturated rings. The van der Waals surface area contributed by atoms with Crippen LogP contribution in [0.1, 0.15) is 24.6 Å². The number of nitrogens with one attached hydrogen (secondary N) is 1. The molecule has 1 unspecified atom stereocenters. The Morgan fingerprint density at radius 2 is 2.26 bits per heavy atom. The maximum absolute atomic E-state index is 11.8. The van der Waals surface area contributed by atoms with Crippen molar-refractivity contribution >= 4 is 17.6 Å². The minimum absolute atomic E-state index is 0.0750. The van der Waals surface area contributed by atoms with Gasteiger partial charge in [0.2, 0.25) is 11.8 Å². The van der Waals surface area contributed by atoms with E-state index in [9.17, 15) is 9.59 Å². The number of aromatic nitrogens is 1. The number of nitrogens with zero attached hydrogens (tertiary/aromatic N) is 3. The number of aryl methyl sites for hydroxylation is 1. The molecule has 0 spiro atoms. The number of carbonyl (C=O) groups excluding carboxylic acids is 2. The van der Waals surface area contributed by atoms with Crippen LogP contribution in [0.2, 0.25) is 0 Å². The predicted molar refractivity (Wildman–Crippen MR) is 68.3 cm³/mol. The molecule has 2 amide bonds. The average molecular weight is 258 g/mol. The number of pyridine rings is 1. The highest BCUT2D eigenvalue weighted by Gasteiger charge is 2.33. The molecule has 0 bridgehead atoms. The van der Waals surface area contributed by atoms with Crippen molar-refractivity contribution in [3.63, 3.8) is 0 Å². The summed E-state index contributed by atoms with van der Waals surface area (Å²) in [5, 5.41) is 11.3. The van der Waals surface area contributed by atoms with Crippen molar-refractivity contribution in [2.24, 2.45) is 0 Å². The minimum atomic E-state index is -0.432. The molecule has 0 radical (unpaired) electrons. The van der Waals surface area contributed by atoms with E-state index in [0.29, 0.717) is 23.5 Å². The molecule has 1 aliphatic rings. The number of amides is 2. The van der Waals surface area contributed by atoms with Crippen LogP contribution in [0.4, 0.5) is 5.82 Å². The molecule has 2 rings (SSSR count). The molecule has 1 aliphatic heterocycles. The molecule has 1 N–H and O–H groups in total. The summed E-state index contributed by atoms with van der Waals surface area (Å²) in [4.78, 5) is 29.2. The second kappa shape index (κ2) is 5.06. The summed E-state index contributed by atoms with van der Waals surface area (Å²) < 4.78 is 0. The summed E-state index contributed by atoms with van der Waals surface area (Å²) in [6, 6.07) is 4.88. The fourth-order valence-corrected chi connectivity index (χ4v) is 2.18. The van der Waals surface area contributed by atoms with Crippen LogP contribution in [0.5, 0.6) is 0 Å². The van der Waals surface area contributed by atoms with Gasteiger partial charge in [-0.3, -0.25) is 14.9 Å². The van der Waals surface area contributed by atoms with Crippen LogP contribution >= 0.6 is 0 Å². The Balaban J connectivity index is 2.43. The number of anilines is 1. The normalized spacial score (nSPS) is 19.0. The van der Waals surface area contributed by atoms with Crippen LogP contribution in [0.3, 0.4) is 0 Å². The summed E-state index contributed by atoms with van der Waals surface area (Å²) >= 11 is 0. The molecule has 6 nitrogen and oxygen atoms in total. The average Bonchev–Trinajstić information content (AvgIpc) is 2.37. The number of hydrogen-bond donors (Lipinski definition) is 1. The van der Waals surface area contributed by atoms with Crippen molar-refractivity contribution in [2.45, 2.75) is 26.3 Å². The van der Waals surface area contributed by atoms with Gasteiger partial charge in [0.1, 0.15) is 11.9 Å². The van der Waals surface area contributed by atoms with Gasteiger partial charge < -0.3 is 4.90 Å². The number of piperazine rings is 1. The molecule has 2 heterocycles. The van der Waals surface area contributed by atoms with Crippen LogP contribution in [0.15, 0.2) is 12.1 Å². The van der Waals surface area contributed by atoms with Crippen LogP contribution < -0.4 is 10.2 Å². The first-order valence-electron chi connectivity index (χ1n) is 6.04. The third kappa shape index (κ3) is 2.55. The smallest absolute Gasteiger partial charge is 0.249 e. The Morgan fingerprint density at radius 1 is 1.53 bits per heavy atom. The van der Waals surface area contributed by atoms with Crippen LogP contribution in [0, 0.1) is 18.3 Å². The van der Waals surface area contributed by atoms with Gasteiger partial charge in [0, 0.05) is 5.69 Å². The van der Waals surface area contributed by atoms with E-state index in [1.54, 1.807) is 24.0 Å². The lowest BCUT2D eigenvalue weighted by molar-refractivity contribution is -0.132. The Hall–Kier alpha value is -2.42. The third-order valence-corrected chi connectivity index (χ3v) is 3.01. The molecular weight excluding hydrogens is 244 g/mol. The maximum atomic E-state index is 11.8. The Morgan fingerprint density at radius 3 is 2.89 bits per heavy atom. The van der Waals surface area contributed by atoms with Crippen molar-refractivity contribution in [3.8, 4) is 6.07 Å². The van der Waals surface area contributed by atoms with Gasteiger partial charge in [-0.15, -0.1) is 0 Å². The first kappa shape index (κ1) is 13.0. The molecule has 0 aliphatic carbocycles. The molecule has 0 aromatic carbocycles. The van der Waals surface area contributed by atoms with Crippen LogP contribution in [-0.2, 0) is 9.59 Å². The van der Waals surface area contributed by atoms with Crippen molar-refractivity contribution in [2.75, 3.05) is 11.4 Å². The number of carbonyl (C=O) groups is 2. The molecular formula is C13H14N4O2. The summed E-state index contributed by atoms with van der Waals surface area (Å²) in [7, 11) is 0. The Bertz CT molecular complexity index is 576. The maximum Gasteiger partial charge on any atom is 0.249 e. The molecule has 98 valence electrons. The van der Waals surface area contributed by atoms with E-state index < -0.39 is 6.04 Å². The quantitative estimate of drug-likeness (QED) is 0.781. The summed E-state index contributed by atoms with van der Waals surface area (Å²) in [6.45, 7) is 3.72. The lowest BCUT2D eigenvalue weighted by atomic mass is 10.1. The molecule has 1 aromatic rings. The van der Waals surface area contributed by atoms with Crippen LogP contribution in [0.25, 0.3) is 0 Å². The second-order valence-electron chi connectivity index (χ2n) is 4.43. The SMILES string of the molecule is CCC1C(=O)NC(=O)CN1c1cc(C#N)cc(C)n1. The predicted octanol–water partition coefficient (Wildman–Crippen LogP) is 0.503. The number of hydrogen-bond acceptors (Lipinski definition) is 5. The first-order valence-corrected chi connectivity index (χ1v) is 6.04. The molecule has 1 atom stereocenters. The Labute approximate surface area is 111 Å². The van der Waals surface area contributed by atoms with E-state index in [0.717, 1.165) is 0 Å². The summed E-state index contributed by atoms with van der Waals surface area (Å²) in [5.41, 5.74) is 1.15. The van der Waals surface area contributed by atoms with E-state index in [-0.39, 0.29) is 18.4 Å². The zero-order valence-corrected chi connectivity index (χ0v) is 10.8. The third-order valence-electron chi connectivity index (χ3n) is 3.01. The van der Waals surface area contributed by atoms with E-state index >= 15 is 0 Å². The van der Waals surface area contributed by atoms with E-state index in [2.05, 4.69) is 16.4 Å². The molecule has 19 heavy (non-hydrogen) atoms. The van der Waals surface area contributed by atoms with Gasteiger partial charge in [0.15, 0.2) is 0 Å². The van der Waals surface area contributed by atoms with Crippen molar-refractivity contribution in [3.05, 3.63) is 23.4 Å². The highest BCUT2D eigenvalue weighted by Crippen LogP contribution is 2.20. The molecule has 1 aromatic heterocycles. The van der Waals surface area contributed by atoms with Gasteiger partial charge in [-0.25, -0.2) is 4.98 Å². The lowest BCUT2D eigenvalue weighted by Gasteiger charge is -2.34. The van der Waals surface area contributed by atoms with Crippen molar-refractivity contribution in [1.29, 1.82) is 5.26 Å². The lowest BCUT2D eigenvalue weighted by Crippen LogP contribution is -2.58. The largest absolute Gasteiger partial charge is 0.335 e. The van der Waals surface area contributed by atoms with Crippen molar-refractivity contribution < 1.29 is 9.59 Å². The monoisotopic (exact) mass is 258 g/mol. The number of rotatable bonds is 2. The topological polar surface area (TPSA) is 86.1 Å². The van der Waals surface area contributed by atoms with E-state index in [1.807, 2.05) is 6.92 Å². The van der Waals surface area contributed by atoms with Gasteiger partial charge in [0.25, 0.3) is 0 Å². The minimum Gasteiger partial charge on any atom is -0.335 e. The van der Waals surface area contributed by atoms with Gasteiger partial charge in [-0.1, -0.05) is 6.92 Å².